The first-order chi connectivity index (χ1) is 16.1. The monoisotopic (exact) mass is 475 g/mol. The molecule has 0 spiro atoms. The zero-order valence-corrected chi connectivity index (χ0v) is 19.4. The predicted octanol–water partition coefficient (Wildman–Crippen LogP) is 5.67. The maximum Gasteiger partial charge on any atom is 0.194 e. The molecule has 3 aromatic heterocycles. The average Bonchev–Trinajstić information content (AvgIpc) is 3.28. The summed E-state index contributed by atoms with van der Waals surface area (Å²) in [6, 6.07) is 15.5. The van der Waals surface area contributed by atoms with Gasteiger partial charge in [-0.3, -0.25) is 9.97 Å². The van der Waals surface area contributed by atoms with Gasteiger partial charge in [-0.2, -0.15) is 0 Å². The van der Waals surface area contributed by atoms with E-state index >= 15 is 0 Å². The van der Waals surface area contributed by atoms with Crippen molar-refractivity contribution in [1.82, 2.24) is 24.5 Å². The van der Waals surface area contributed by atoms with Gasteiger partial charge in [-0.1, -0.05) is 59.6 Å². The Hall–Kier alpha value is -3.32. The van der Waals surface area contributed by atoms with Crippen LogP contribution in [0.1, 0.15) is 17.1 Å². The molecular weight excluding hydrogens is 457 g/mol. The van der Waals surface area contributed by atoms with E-state index in [1.807, 2.05) is 66.3 Å². The Morgan fingerprint density at radius 1 is 0.970 bits per heavy atom. The van der Waals surface area contributed by atoms with Crippen LogP contribution in [0.2, 0.25) is 10.2 Å². The van der Waals surface area contributed by atoms with Crippen LogP contribution in [0.15, 0.2) is 79.5 Å². The van der Waals surface area contributed by atoms with Gasteiger partial charge in [0.05, 0.1) is 16.7 Å². The number of halogens is 2. The van der Waals surface area contributed by atoms with Gasteiger partial charge >= 0.3 is 0 Å². The van der Waals surface area contributed by atoms with Crippen LogP contribution < -0.4 is 0 Å². The van der Waals surface area contributed by atoms with Gasteiger partial charge in [0.1, 0.15) is 10.8 Å². The van der Waals surface area contributed by atoms with Crippen LogP contribution in [-0.4, -0.2) is 31.6 Å². The largest absolute Gasteiger partial charge is 0.359 e. The van der Waals surface area contributed by atoms with Crippen LogP contribution in [-0.2, 0) is 17.4 Å². The third-order valence-electron chi connectivity index (χ3n) is 5.71. The lowest BCUT2D eigenvalue weighted by Crippen LogP contribution is -2.35. The predicted molar refractivity (Wildman–Crippen MR) is 129 cm³/mol. The second kappa shape index (κ2) is 8.56. The third-order valence-corrected chi connectivity index (χ3v) is 6.38. The molecule has 0 bridgehead atoms. The molecule has 6 nitrogen and oxygen atoms in total. The van der Waals surface area contributed by atoms with Gasteiger partial charge in [0.25, 0.3) is 0 Å². The number of hydrogen-bond donors (Lipinski definition) is 0. The number of pyridine rings is 1. The number of ether oxygens (including phenoxy) is 1. The molecule has 1 unspecified atom stereocenters. The van der Waals surface area contributed by atoms with Crippen molar-refractivity contribution in [3.05, 3.63) is 107 Å². The molecule has 164 valence electrons. The van der Waals surface area contributed by atoms with Crippen molar-refractivity contribution in [3.8, 4) is 11.1 Å². The summed E-state index contributed by atoms with van der Waals surface area (Å²) in [4.78, 5) is 18.0. The molecular formula is C25H19Cl2N5O. The molecule has 0 saturated heterocycles. The molecule has 0 saturated carbocycles. The molecule has 5 aromatic rings. The SMILES string of the molecule is COC(c1ccc2nc(Cl)c(-c3ccccc3)c(Cl)c2c1)(c1cnccn1)c1nccn1C. The van der Waals surface area contributed by atoms with E-state index < -0.39 is 5.60 Å². The highest BCUT2D eigenvalue weighted by molar-refractivity contribution is 6.42. The Balaban J connectivity index is 1.81. The van der Waals surface area contributed by atoms with E-state index in [1.54, 1.807) is 31.9 Å². The number of fused-ring (bicyclic) bond motifs is 1. The first kappa shape index (κ1) is 21.5. The van der Waals surface area contributed by atoms with Gasteiger partial charge in [0.15, 0.2) is 11.4 Å². The van der Waals surface area contributed by atoms with Crippen molar-refractivity contribution >= 4 is 34.1 Å². The van der Waals surface area contributed by atoms with E-state index in [0.29, 0.717) is 32.8 Å². The number of imidazole rings is 1. The maximum atomic E-state index is 6.93. The highest BCUT2D eigenvalue weighted by Crippen LogP contribution is 2.42. The molecule has 8 heteroatoms. The minimum Gasteiger partial charge on any atom is -0.359 e. The molecule has 0 N–H and O–H groups in total. The lowest BCUT2D eigenvalue weighted by Gasteiger charge is -2.32. The van der Waals surface area contributed by atoms with E-state index in [-0.39, 0.29) is 0 Å². The van der Waals surface area contributed by atoms with Crippen molar-refractivity contribution in [3.63, 3.8) is 0 Å². The minimum absolute atomic E-state index is 0.350. The van der Waals surface area contributed by atoms with Gasteiger partial charge in [-0.15, -0.1) is 0 Å². The quantitative estimate of drug-likeness (QED) is 0.306. The number of rotatable bonds is 5. The number of benzene rings is 2. The van der Waals surface area contributed by atoms with E-state index in [2.05, 4.69) is 19.9 Å². The number of methoxy groups -OCH3 is 1. The van der Waals surface area contributed by atoms with Gasteiger partial charge < -0.3 is 9.30 Å². The molecule has 33 heavy (non-hydrogen) atoms. The number of aromatic nitrogens is 5. The van der Waals surface area contributed by atoms with Crippen molar-refractivity contribution in [2.75, 3.05) is 7.11 Å². The van der Waals surface area contributed by atoms with Crippen LogP contribution in [0.5, 0.6) is 0 Å². The standard InChI is InChI=1S/C25H19Cl2N5O/c1-32-13-12-30-24(32)25(33-2,20-15-28-10-11-29-20)17-8-9-19-18(14-17)22(26)21(23(27)31-19)16-6-4-3-5-7-16/h3-15H,1-2H3. The van der Waals surface area contributed by atoms with Crippen molar-refractivity contribution in [2.24, 2.45) is 7.05 Å². The lowest BCUT2D eigenvalue weighted by atomic mass is 9.87. The molecule has 0 aliphatic carbocycles. The average molecular weight is 476 g/mol. The number of nitrogens with zero attached hydrogens (tertiary/aromatic N) is 5. The van der Waals surface area contributed by atoms with Crippen molar-refractivity contribution < 1.29 is 4.74 Å². The summed E-state index contributed by atoms with van der Waals surface area (Å²) in [6.45, 7) is 0. The van der Waals surface area contributed by atoms with Gasteiger partial charge in [-0.05, 0) is 23.3 Å². The van der Waals surface area contributed by atoms with Crippen LogP contribution >= 0.6 is 23.2 Å². The Bertz CT molecular complexity index is 1440. The van der Waals surface area contributed by atoms with Crippen LogP contribution in [0.4, 0.5) is 0 Å². The maximum absolute atomic E-state index is 6.93. The first-order valence-corrected chi connectivity index (χ1v) is 11.0. The van der Waals surface area contributed by atoms with E-state index in [0.717, 1.165) is 16.5 Å². The van der Waals surface area contributed by atoms with Crippen LogP contribution in [0.3, 0.4) is 0 Å². The summed E-state index contributed by atoms with van der Waals surface area (Å²) < 4.78 is 8.09. The fourth-order valence-electron chi connectivity index (χ4n) is 4.16. The fraction of sp³-hybridized carbons (Fsp3) is 0.120. The van der Waals surface area contributed by atoms with Gasteiger partial charge in [0, 0.05) is 49.9 Å². The minimum atomic E-state index is -1.11. The zero-order valence-electron chi connectivity index (χ0n) is 17.9. The number of hydrogen-bond acceptors (Lipinski definition) is 5. The molecule has 0 aliphatic heterocycles. The Morgan fingerprint density at radius 3 is 2.45 bits per heavy atom. The highest BCUT2D eigenvalue weighted by Gasteiger charge is 2.42. The molecule has 3 heterocycles. The van der Waals surface area contributed by atoms with Gasteiger partial charge in [0.2, 0.25) is 0 Å². The van der Waals surface area contributed by atoms with Crippen molar-refractivity contribution in [1.29, 1.82) is 0 Å². The summed E-state index contributed by atoms with van der Waals surface area (Å²) >= 11 is 13.5. The second-order valence-electron chi connectivity index (χ2n) is 7.53. The van der Waals surface area contributed by atoms with Crippen molar-refractivity contribution in [2.45, 2.75) is 5.60 Å². The lowest BCUT2D eigenvalue weighted by molar-refractivity contribution is 0.0446. The van der Waals surface area contributed by atoms with E-state index in [4.69, 9.17) is 27.9 Å². The summed E-state index contributed by atoms with van der Waals surface area (Å²) in [5, 5.41) is 1.61. The smallest absolute Gasteiger partial charge is 0.194 e. The molecule has 0 aliphatic rings. The molecule has 0 radical (unpaired) electrons. The number of aryl methyl sites for hydroxylation is 1. The topological polar surface area (TPSA) is 65.7 Å². The Morgan fingerprint density at radius 2 is 1.79 bits per heavy atom. The fourth-order valence-corrected chi connectivity index (χ4v) is 4.85. The Labute approximate surface area is 200 Å². The third kappa shape index (κ3) is 3.47. The van der Waals surface area contributed by atoms with Gasteiger partial charge in [-0.25, -0.2) is 9.97 Å². The van der Waals surface area contributed by atoms with Crippen LogP contribution in [0, 0.1) is 0 Å². The molecule has 5 rings (SSSR count). The summed E-state index contributed by atoms with van der Waals surface area (Å²) in [5.74, 6) is 0.658. The zero-order chi connectivity index (χ0) is 23.0. The van der Waals surface area contributed by atoms with E-state index in [9.17, 15) is 0 Å². The molecule has 1 atom stereocenters. The molecule has 0 fully saturated rings. The molecule has 0 amide bonds. The van der Waals surface area contributed by atoms with E-state index in [1.165, 1.54) is 0 Å². The highest BCUT2D eigenvalue weighted by atomic mass is 35.5. The Kier molecular flexibility index (Phi) is 5.58. The summed E-state index contributed by atoms with van der Waals surface area (Å²) in [6.07, 6.45) is 8.52. The second-order valence-corrected chi connectivity index (χ2v) is 8.26. The van der Waals surface area contributed by atoms with Crippen LogP contribution in [0.25, 0.3) is 22.0 Å². The summed E-state index contributed by atoms with van der Waals surface area (Å²) in [5.41, 5.74) is 2.53. The first-order valence-electron chi connectivity index (χ1n) is 10.2. The summed E-state index contributed by atoms with van der Waals surface area (Å²) in [7, 11) is 3.54. The molecule has 2 aromatic carbocycles. The normalized spacial score (nSPS) is 13.2.